The summed E-state index contributed by atoms with van der Waals surface area (Å²) in [7, 11) is 5.59. The Kier molecular flexibility index (Phi) is 14.2. The van der Waals surface area contributed by atoms with Gasteiger partial charge in [-0.3, -0.25) is 0 Å². The van der Waals surface area contributed by atoms with Crippen LogP contribution in [0.15, 0.2) is 164 Å². The molecule has 0 saturated carbocycles. The van der Waals surface area contributed by atoms with E-state index in [1.807, 2.05) is 0 Å². The standard InChI is InChI=1S/C24H30N2P.C17H14P.Fe/c1-5-26(4)23(19-25(2)3)22-17-12-18-24(22)27(20-13-8-6-9-14-20)21-15-10-7-11-16-21;1-3-9-15(10-4-1)18(17-13-7-8-14-17)16-11-5-2-6-12-16;/h6-18,23H,5,19H2,1-4H3;1-14H;/q-1;-5;/t23-;;/m0../s1. The van der Waals surface area contributed by atoms with Crippen molar-refractivity contribution in [3.8, 4) is 0 Å². The number of hydrogen-bond acceptors (Lipinski definition) is 2. The van der Waals surface area contributed by atoms with Gasteiger partial charge in [-0.05, 0) is 46.2 Å². The second-order valence-corrected chi connectivity index (χ2v) is 15.8. The first kappa shape index (κ1) is 35.7. The quantitative estimate of drug-likeness (QED) is 0.0836. The fourth-order valence-corrected chi connectivity index (χ4v) is 10.5. The Morgan fingerprint density at radius 2 is 1.04 bits per heavy atom. The Balaban J connectivity index is 0.000000220. The minimum Gasteiger partial charge on any atom is -0.747 e. The number of rotatable bonds is 11. The van der Waals surface area contributed by atoms with Crippen molar-refractivity contribution in [1.29, 1.82) is 0 Å². The molecule has 0 spiro atoms. The largest absolute Gasteiger partial charge is 0.747 e. The Morgan fingerprint density at radius 3 is 1.46 bits per heavy atom. The van der Waals surface area contributed by atoms with E-state index in [0.717, 1.165) is 13.1 Å². The van der Waals surface area contributed by atoms with Gasteiger partial charge in [0.05, 0.1) is 0 Å². The van der Waals surface area contributed by atoms with Gasteiger partial charge in [-0.1, -0.05) is 139 Å². The van der Waals surface area contributed by atoms with Crippen molar-refractivity contribution in [3.63, 3.8) is 0 Å². The zero-order valence-electron chi connectivity index (χ0n) is 27.2. The molecule has 1 atom stereocenters. The molecule has 2 nitrogen and oxygen atoms in total. The van der Waals surface area contributed by atoms with E-state index in [1.165, 1.54) is 37.4 Å². The van der Waals surface area contributed by atoms with E-state index in [9.17, 15) is 0 Å². The van der Waals surface area contributed by atoms with E-state index in [1.54, 1.807) is 0 Å². The van der Waals surface area contributed by atoms with Crippen LogP contribution in [0.4, 0.5) is 0 Å². The van der Waals surface area contributed by atoms with E-state index in [4.69, 9.17) is 0 Å². The van der Waals surface area contributed by atoms with Crippen molar-refractivity contribution in [2.24, 2.45) is 0 Å². The van der Waals surface area contributed by atoms with Crippen LogP contribution in [-0.4, -0.2) is 44.0 Å². The summed E-state index contributed by atoms with van der Waals surface area (Å²) < 4.78 is 0. The first-order chi connectivity index (χ1) is 22.1. The average Bonchev–Trinajstić information content (AvgIpc) is 3.79. The molecule has 0 N–H and O–H groups in total. The molecule has 0 fully saturated rings. The van der Waals surface area contributed by atoms with E-state index >= 15 is 0 Å². The molecule has 6 rings (SSSR count). The van der Waals surface area contributed by atoms with Gasteiger partial charge in [-0.15, -0.1) is 10.9 Å². The van der Waals surface area contributed by atoms with Crippen molar-refractivity contribution in [2.45, 2.75) is 13.0 Å². The molecule has 242 valence electrons. The van der Waals surface area contributed by atoms with Gasteiger partial charge in [0.25, 0.3) is 0 Å². The fraction of sp³-hybridized carbons (Fsp3) is 0.171. The number of hydrogen-bond donors (Lipinski definition) is 0. The minimum absolute atomic E-state index is 0. The van der Waals surface area contributed by atoms with Crippen molar-refractivity contribution in [1.82, 2.24) is 9.80 Å². The SMILES string of the molecule is CCN(C)[C@@H](CN(C)C)[c-]1cccc1P(c1ccccc1)c1ccccc1.[Fe].c1ccc(P(c2ccccc2)[c-]2[cH-][cH-][cH-][cH-]2)cc1. The van der Waals surface area contributed by atoms with Crippen LogP contribution in [0, 0.1) is 0 Å². The van der Waals surface area contributed by atoms with Crippen LogP contribution >= 0.6 is 15.8 Å². The van der Waals surface area contributed by atoms with Crippen molar-refractivity contribution in [2.75, 3.05) is 34.2 Å². The molecule has 0 saturated heterocycles. The molecule has 0 aliphatic carbocycles. The van der Waals surface area contributed by atoms with Crippen LogP contribution in [0.3, 0.4) is 0 Å². The molecule has 0 aromatic heterocycles. The fourth-order valence-electron chi connectivity index (χ4n) is 5.65. The van der Waals surface area contributed by atoms with Crippen LogP contribution in [-0.2, 0) is 17.1 Å². The minimum atomic E-state index is -0.562. The summed E-state index contributed by atoms with van der Waals surface area (Å²) in [5.74, 6) is 0. The number of benzene rings is 4. The summed E-state index contributed by atoms with van der Waals surface area (Å²) in [5.41, 5.74) is 1.46. The Labute approximate surface area is 289 Å². The zero-order chi connectivity index (χ0) is 31.4. The molecule has 6 aromatic rings. The maximum Gasteiger partial charge on any atom is 0.00661 e. The normalized spacial score (nSPS) is 11.7. The Hall–Kier alpha value is -3.12. The molecule has 0 amide bonds. The molecular formula is C41H44FeN2P2-6. The van der Waals surface area contributed by atoms with Crippen LogP contribution in [0.25, 0.3) is 0 Å². The van der Waals surface area contributed by atoms with Crippen LogP contribution in [0.1, 0.15) is 18.5 Å². The smallest absolute Gasteiger partial charge is 0.00661 e. The molecule has 0 aliphatic heterocycles. The maximum atomic E-state index is 2.46. The second kappa shape index (κ2) is 18.3. The predicted octanol–water partition coefficient (Wildman–Crippen LogP) is 6.88. The molecule has 46 heavy (non-hydrogen) atoms. The molecular weight excluding hydrogens is 638 g/mol. The molecule has 0 unspecified atom stereocenters. The third-order valence-corrected chi connectivity index (χ3v) is 12.9. The van der Waals surface area contributed by atoms with Crippen LogP contribution in [0.5, 0.6) is 0 Å². The average molecular weight is 683 g/mol. The molecule has 0 radical (unpaired) electrons. The third-order valence-electron chi connectivity index (χ3n) is 7.96. The van der Waals surface area contributed by atoms with Gasteiger partial charge in [-0.2, -0.15) is 6.07 Å². The molecule has 0 heterocycles. The summed E-state index contributed by atoms with van der Waals surface area (Å²) in [6, 6.07) is 59.5. The second-order valence-electron chi connectivity index (χ2n) is 11.4. The third kappa shape index (κ3) is 9.24. The number of likely N-dealkylation sites (N-methyl/N-ethyl adjacent to an activating group) is 2. The van der Waals surface area contributed by atoms with Crippen LogP contribution < -0.4 is 31.8 Å². The summed E-state index contributed by atoms with van der Waals surface area (Å²) in [5, 5.41) is 8.54. The first-order valence-electron chi connectivity index (χ1n) is 15.7. The Bertz CT molecular complexity index is 1570. The summed E-state index contributed by atoms with van der Waals surface area (Å²) in [6.07, 6.45) is 0. The van der Waals surface area contributed by atoms with Crippen molar-refractivity contribution < 1.29 is 17.1 Å². The van der Waals surface area contributed by atoms with Gasteiger partial charge >= 0.3 is 0 Å². The van der Waals surface area contributed by atoms with Gasteiger partial charge in [0, 0.05) is 29.7 Å². The molecule has 5 heteroatoms. The molecule has 0 aliphatic rings. The molecule has 6 aromatic carbocycles. The van der Waals surface area contributed by atoms with E-state index in [2.05, 4.69) is 202 Å². The van der Waals surface area contributed by atoms with E-state index < -0.39 is 15.8 Å². The number of nitrogens with zero attached hydrogens (tertiary/aromatic N) is 2. The van der Waals surface area contributed by atoms with E-state index in [-0.39, 0.29) is 17.1 Å². The van der Waals surface area contributed by atoms with Gasteiger partial charge in [0.15, 0.2) is 0 Å². The topological polar surface area (TPSA) is 6.48 Å². The van der Waals surface area contributed by atoms with Gasteiger partial charge in [0.1, 0.15) is 0 Å². The Morgan fingerprint density at radius 1 is 0.609 bits per heavy atom. The first-order valence-corrected chi connectivity index (χ1v) is 18.4. The van der Waals surface area contributed by atoms with Gasteiger partial charge < -0.3 is 39.4 Å². The predicted molar refractivity (Wildman–Crippen MR) is 201 cm³/mol. The molecule has 0 bridgehead atoms. The van der Waals surface area contributed by atoms with E-state index in [0.29, 0.717) is 6.04 Å². The maximum absolute atomic E-state index is 2.46. The summed E-state index contributed by atoms with van der Waals surface area (Å²) in [4.78, 5) is 4.75. The van der Waals surface area contributed by atoms with Gasteiger partial charge in [-0.25, -0.2) is 20.1 Å². The van der Waals surface area contributed by atoms with Crippen molar-refractivity contribution >= 4 is 47.7 Å². The van der Waals surface area contributed by atoms with Gasteiger partial charge in [0.2, 0.25) is 0 Å². The van der Waals surface area contributed by atoms with Crippen molar-refractivity contribution in [3.05, 3.63) is 169 Å². The van der Waals surface area contributed by atoms with Crippen LogP contribution in [0.2, 0.25) is 0 Å². The summed E-state index contributed by atoms with van der Waals surface area (Å²) >= 11 is 0. The zero-order valence-corrected chi connectivity index (χ0v) is 30.1. The summed E-state index contributed by atoms with van der Waals surface area (Å²) in [6.45, 7) is 4.30. The monoisotopic (exact) mass is 682 g/mol.